The topological polar surface area (TPSA) is 72.9 Å². The second-order valence-corrected chi connectivity index (χ2v) is 6.05. The summed E-state index contributed by atoms with van der Waals surface area (Å²) in [4.78, 5) is 26.9. The first-order chi connectivity index (χ1) is 9.18. The van der Waals surface area contributed by atoms with Crippen molar-refractivity contribution in [2.45, 2.75) is 18.9 Å². The summed E-state index contributed by atoms with van der Waals surface area (Å²) >= 11 is 1.59. The summed E-state index contributed by atoms with van der Waals surface area (Å²) in [5.74, 6) is 0.375. The molecule has 0 radical (unpaired) electrons. The minimum absolute atomic E-state index is 0.244. The van der Waals surface area contributed by atoms with E-state index in [0.29, 0.717) is 18.8 Å². The largest absolute Gasteiger partial charge is 0.480 e. The Morgan fingerprint density at radius 3 is 2.68 bits per heavy atom. The average Bonchev–Trinajstić information content (AvgIpc) is 2.91. The highest BCUT2D eigenvalue weighted by atomic mass is 32.2. The minimum Gasteiger partial charge on any atom is -0.480 e. The van der Waals surface area contributed by atoms with Gasteiger partial charge >= 0.3 is 12.0 Å². The predicted molar refractivity (Wildman–Crippen MR) is 74.5 cm³/mol. The number of carbonyl (C=O) groups is 2. The maximum atomic E-state index is 12.0. The van der Waals surface area contributed by atoms with Gasteiger partial charge in [0.2, 0.25) is 0 Å². The Bertz CT molecular complexity index is 334. The monoisotopic (exact) mass is 287 g/mol. The van der Waals surface area contributed by atoms with Crippen molar-refractivity contribution in [1.29, 1.82) is 0 Å². The maximum absolute atomic E-state index is 12.0. The molecule has 0 bridgehead atoms. The molecule has 2 aliphatic heterocycles. The van der Waals surface area contributed by atoms with Crippen molar-refractivity contribution in [2.75, 3.05) is 44.2 Å². The van der Waals surface area contributed by atoms with Crippen molar-refractivity contribution >= 4 is 23.8 Å². The molecule has 0 aromatic carbocycles. The predicted octanol–water partition coefficient (Wildman–Crippen LogP) is 0.294. The van der Waals surface area contributed by atoms with Crippen LogP contribution in [0.2, 0.25) is 0 Å². The van der Waals surface area contributed by atoms with Crippen molar-refractivity contribution in [3.8, 4) is 0 Å². The van der Waals surface area contributed by atoms with Crippen LogP contribution < -0.4 is 5.32 Å². The van der Waals surface area contributed by atoms with Crippen molar-refractivity contribution < 1.29 is 14.7 Å². The van der Waals surface area contributed by atoms with Gasteiger partial charge in [-0.05, 0) is 25.9 Å². The number of nitrogens with one attached hydrogen (secondary N) is 1. The Labute approximate surface area is 117 Å². The molecule has 2 heterocycles. The SMILES string of the molecule is O=C(O)C1CSCCN1C(=O)NCCN1CCCC1. The summed E-state index contributed by atoms with van der Waals surface area (Å²) in [7, 11) is 0. The minimum atomic E-state index is -0.915. The van der Waals surface area contributed by atoms with Crippen molar-refractivity contribution in [2.24, 2.45) is 0 Å². The molecule has 0 spiro atoms. The maximum Gasteiger partial charge on any atom is 0.327 e. The Kier molecular flexibility index (Phi) is 5.33. The van der Waals surface area contributed by atoms with E-state index in [1.165, 1.54) is 17.7 Å². The van der Waals surface area contributed by atoms with E-state index in [0.717, 1.165) is 25.4 Å². The Morgan fingerprint density at radius 2 is 2.00 bits per heavy atom. The van der Waals surface area contributed by atoms with Crippen molar-refractivity contribution in [1.82, 2.24) is 15.1 Å². The fourth-order valence-electron chi connectivity index (χ4n) is 2.48. The van der Waals surface area contributed by atoms with Crippen LogP contribution in [0, 0.1) is 0 Å². The van der Waals surface area contributed by atoms with Crippen LogP contribution in [0.5, 0.6) is 0 Å². The molecule has 2 fully saturated rings. The standard InChI is InChI=1S/C12H21N3O3S/c16-11(17)10-9-19-8-7-15(10)12(18)13-3-6-14-4-1-2-5-14/h10H,1-9H2,(H,13,18)(H,16,17). The number of carboxylic acid groups (broad SMARTS) is 1. The lowest BCUT2D eigenvalue weighted by Gasteiger charge is -2.32. The van der Waals surface area contributed by atoms with Gasteiger partial charge < -0.3 is 20.2 Å². The number of aliphatic carboxylic acids is 1. The molecule has 19 heavy (non-hydrogen) atoms. The number of likely N-dealkylation sites (tertiary alicyclic amines) is 1. The summed E-state index contributed by atoms with van der Waals surface area (Å²) in [6.07, 6.45) is 2.47. The highest BCUT2D eigenvalue weighted by molar-refractivity contribution is 7.99. The number of thioether (sulfide) groups is 1. The molecule has 2 amide bonds. The zero-order valence-corrected chi connectivity index (χ0v) is 11.8. The number of carboxylic acids is 1. The lowest BCUT2D eigenvalue weighted by atomic mass is 10.3. The summed E-state index contributed by atoms with van der Waals surface area (Å²) in [6.45, 7) is 4.17. The van der Waals surface area contributed by atoms with Gasteiger partial charge in [0.25, 0.3) is 0 Å². The van der Waals surface area contributed by atoms with Gasteiger partial charge in [0.15, 0.2) is 0 Å². The summed E-state index contributed by atoms with van der Waals surface area (Å²) in [5.41, 5.74) is 0. The molecule has 2 aliphatic rings. The molecular formula is C12H21N3O3S. The third kappa shape index (κ3) is 4.01. The lowest BCUT2D eigenvalue weighted by molar-refractivity contribution is -0.141. The average molecular weight is 287 g/mol. The molecule has 1 atom stereocenters. The van der Waals surface area contributed by atoms with Gasteiger partial charge in [-0.3, -0.25) is 0 Å². The molecule has 2 saturated heterocycles. The molecule has 6 nitrogen and oxygen atoms in total. The van der Waals surface area contributed by atoms with Crippen LogP contribution in [0.3, 0.4) is 0 Å². The van der Waals surface area contributed by atoms with Crippen molar-refractivity contribution in [3.05, 3.63) is 0 Å². The number of nitrogens with zero attached hydrogens (tertiary/aromatic N) is 2. The second-order valence-electron chi connectivity index (χ2n) is 4.90. The highest BCUT2D eigenvalue weighted by Gasteiger charge is 2.32. The van der Waals surface area contributed by atoms with E-state index in [4.69, 9.17) is 5.11 Å². The molecule has 108 valence electrons. The Hall–Kier alpha value is -0.950. The van der Waals surface area contributed by atoms with E-state index < -0.39 is 12.0 Å². The number of amides is 2. The third-order valence-electron chi connectivity index (χ3n) is 3.58. The molecule has 0 aromatic rings. The molecule has 0 saturated carbocycles. The van der Waals surface area contributed by atoms with Crippen LogP contribution in [0.1, 0.15) is 12.8 Å². The van der Waals surface area contributed by atoms with Crippen LogP contribution >= 0.6 is 11.8 Å². The summed E-state index contributed by atoms with van der Waals surface area (Å²) < 4.78 is 0. The number of urea groups is 1. The number of carbonyl (C=O) groups excluding carboxylic acids is 1. The Morgan fingerprint density at radius 1 is 1.26 bits per heavy atom. The Balaban J connectivity index is 1.75. The zero-order chi connectivity index (χ0) is 13.7. The van der Waals surface area contributed by atoms with Crippen LogP contribution in [0.4, 0.5) is 4.79 Å². The van der Waals surface area contributed by atoms with Gasteiger partial charge in [-0.25, -0.2) is 9.59 Å². The van der Waals surface area contributed by atoms with Gasteiger partial charge in [0, 0.05) is 31.1 Å². The smallest absolute Gasteiger partial charge is 0.327 e. The van der Waals surface area contributed by atoms with Crippen LogP contribution in [0.15, 0.2) is 0 Å². The molecular weight excluding hydrogens is 266 g/mol. The van der Waals surface area contributed by atoms with E-state index in [-0.39, 0.29) is 6.03 Å². The van der Waals surface area contributed by atoms with E-state index in [2.05, 4.69) is 10.2 Å². The fourth-order valence-corrected chi connectivity index (χ4v) is 3.52. The first kappa shape index (κ1) is 14.5. The van der Waals surface area contributed by atoms with Gasteiger partial charge in [0.05, 0.1) is 0 Å². The zero-order valence-electron chi connectivity index (χ0n) is 11.0. The molecule has 7 heteroatoms. The van der Waals surface area contributed by atoms with Gasteiger partial charge in [-0.1, -0.05) is 0 Å². The molecule has 0 aliphatic carbocycles. The second kappa shape index (κ2) is 7.00. The number of hydrogen-bond acceptors (Lipinski definition) is 4. The van der Waals surface area contributed by atoms with Gasteiger partial charge in [-0.2, -0.15) is 11.8 Å². The first-order valence-corrected chi connectivity index (χ1v) is 7.91. The van der Waals surface area contributed by atoms with Crippen molar-refractivity contribution in [3.63, 3.8) is 0 Å². The molecule has 2 N–H and O–H groups in total. The van der Waals surface area contributed by atoms with Gasteiger partial charge in [-0.15, -0.1) is 0 Å². The summed E-state index contributed by atoms with van der Waals surface area (Å²) in [5, 5.41) is 11.9. The molecule has 0 aromatic heterocycles. The van der Waals surface area contributed by atoms with E-state index in [1.54, 1.807) is 11.8 Å². The van der Waals surface area contributed by atoms with E-state index in [9.17, 15) is 9.59 Å². The van der Waals surface area contributed by atoms with Crippen LogP contribution in [-0.4, -0.2) is 77.2 Å². The van der Waals surface area contributed by atoms with E-state index in [1.807, 2.05) is 0 Å². The van der Waals surface area contributed by atoms with E-state index >= 15 is 0 Å². The van der Waals surface area contributed by atoms with Crippen LogP contribution in [0.25, 0.3) is 0 Å². The third-order valence-corrected chi connectivity index (χ3v) is 4.60. The number of hydrogen-bond donors (Lipinski definition) is 2. The number of rotatable bonds is 4. The quantitative estimate of drug-likeness (QED) is 0.778. The van der Waals surface area contributed by atoms with Crippen LogP contribution in [-0.2, 0) is 4.79 Å². The first-order valence-electron chi connectivity index (χ1n) is 6.76. The van der Waals surface area contributed by atoms with Gasteiger partial charge in [0.1, 0.15) is 6.04 Å². The summed E-state index contributed by atoms with van der Waals surface area (Å²) in [6, 6.07) is -0.933. The highest BCUT2D eigenvalue weighted by Crippen LogP contribution is 2.16. The molecule has 2 rings (SSSR count). The normalized spacial score (nSPS) is 24.4. The lowest BCUT2D eigenvalue weighted by Crippen LogP contribution is -2.54. The fraction of sp³-hybridized carbons (Fsp3) is 0.833. The molecule has 1 unspecified atom stereocenters.